The number of quaternary nitrogens is 1. The number of amides is 1. The fourth-order valence-corrected chi connectivity index (χ4v) is 7.09. The van der Waals surface area contributed by atoms with E-state index in [1.165, 1.54) is 128 Å². The molecule has 0 rings (SSSR count). The van der Waals surface area contributed by atoms with Crippen LogP contribution >= 0.6 is 7.82 Å². The van der Waals surface area contributed by atoms with Gasteiger partial charge < -0.3 is 28.8 Å². The van der Waals surface area contributed by atoms with Crippen molar-refractivity contribution < 1.29 is 32.9 Å². The molecule has 8 nitrogen and oxygen atoms in total. The molecule has 0 bridgehead atoms. The van der Waals surface area contributed by atoms with Gasteiger partial charge in [0.1, 0.15) is 13.2 Å². The molecular formula is C44H87N2O6P. The van der Waals surface area contributed by atoms with Crippen LogP contribution in [0.4, 0.5) is 0 Å². The fourth-order valence-electron chi connectivity index (χ4n) is 6.36. The lowest BCUT2D eigenvalue weighted by atomic mass is 10.0. The first-order valence-corrected chi connectivity index (χ1v) is 23.6. The van der Waals surface area contributed by atoms with Crippen molar-refractivity contribution in [2.24, 2.45) is 0 Å². The van der Waals surface area contributed by atoms with Gasteiger partial charge in [-0.3, -0.25) is 9.36 Å². The molecule has 0 aromatic heterocycles. The summed E-state index contributed by atoms with van der Waals surface area (Å²) in [6.45, 7) is 4.67. The molecule has 0 spiro atoms. The second-order valence-corrected chi connectivity index (χ2v) is 17.8. The summed E-state index contributed by atoms with van der Waals surface area (Å²) in [6.07, 6.45) is 42.0. The Balaban J connectivity index is 4.15. The zero-order chi connectivity index (χ0) is 39.3. The summed E-state index contributed by atoms with van der Waals surface area (Å²) in [4.78, 5) is 25.2. The Hall–Kier alpha value is -1.02. The van der Waals surface area contributed by atoms with E-state index in [1.807, 2.05) is 21.1 Å². The number of nitrogens with zero attached hydrogens (tertiary/aromatic N) is 1. The van der Waals surface area contributed by atoms with Crippen LogP contribution in [0.5, 0.6) is 0 Å². The summed E-state index contributed by atoms with van der Waals surface area (Å²) in [7, 11) is 1.30. The van der Waals surface area contributed by atoms with Crippen molar-refractivity contribution in [3.8, 4) is 0 Å². The molecule has 1 amide bonds. The van der Waals surface area contributed by atoms with E-state index in [1.54, 1.807) is 0 Å². The van der Waals surface area contributed by atoms with Crippen LogP contribution in [0.3, 0.4) is 0 Å². The molecule has 2 N–H and O–H groups in total. The van der Waals surface area contributed by atoms with Crippen LogP contribution in [0.1, 0.15) is 200 Å². The number of aliphatic hydroxyl groups is 1. The van der Waals surface area contributed by atoms with Gasteiger partial charge in [0.2, 0.25) is 5.91 Å². The quantitative estimate of drug-likeness (QED) is 0.0278. The summed E-state index contributed by atoms with van der Waals surface area (Å²) >= 11 is 0. The second-order valence-electron chi connectivity index (χ2n) is 16.4. The third-order valence-electron chi connectivity index (χ3n) is 9.94. The summed E-state index contributed by atoms with van der Waals surface area (Å²) in [5.41, 5.74) is 0. The standard InChI is InChI=1S/C44H87N2O6P/c1-6-8-10-12-14-16-17-18-19-20-21-22-23-24-25-26-27-28-29-30-32-34-36-38-44(48)45-42(41-52-53(49,50)51-40-39-46(3,4)5)43(47)37-35-33-31-15-13-11-9-7-2/h17-18,20-21,42-43,47H,6-16,19,22-41H2,1-5H3,(H-,45,48,49,50)/b18-17-,21-20-. The molecule has 53 heavy (non-hydrogen) atoms. The summed E-state index contributed by atoms with van der Waals surface area (Å²) in [6, 6.07) is -0.797. The highest BCUT2D eigenvalue weighted by atomic mass is 31.2. The molecule has 0 aromatic carbocycles. The summed E-state index contributed by atoms with van der Waals surface area (Å²) < 4.78 is 23.2. The number of likely N-dealkylation sites (N-methyl/N-ethyl adjacent to an activating group) is 1. The Bertz CT molecular complexity index is 922. The molecule has 0 aliphatic heterocycles. The number of aliphatic hydroxyl groups excluding tert-OH is 1. The molecular weight excluding hydrogens is 683 g/mol. The maximum atomic E-state index is 12.8. The number of allylic oxidation sites excluding steroid dienone is 4. The third kappa shape index (κ3) is 39.0. The van der Waals surface area contributed by atoms with Crippen molar-refractivity contribution in [2.75, 3.05) is 40.9 Å². The van der Waals surface area contributed by atoms with Gasteiger partial charge in [-0.05, 0) is 44.9 Å². The molecule has 0 radical (unpaired) electrons. The number of phosphoric acid groups is 1. The van der Waals surface area contributed by atoms with Crippen LogP contribution in [0.25, 0.3) is 0 Å². The minimum atomic E-state index is -4.55. The average molecular weight is 771 g/mol. The smallest absolute Gasteiger partial charge is 0.268 e. The van der Waals surface area contributed by atoms with Gasteiger partial charge in [0.05, 0.1) is 39.9 Å². The predicted octanol–water partition coefficient (Wildman–Crippen LogP) is 11.5. The van der Waals surface area contributed by atoms with Crippen molar-refractivity contribution in [1.29, 1.82) is 0 Å². The molecule has 0 saturated carbocycles. The van der Waals surface area contributed by atoms with Gasteiger partial charge in [0, 0.05) is 6.42 Å². The number of rotatable bonds is 40. The van der Waals surface area contributed by atoms with Gasteiger partial charge >= 0.3 is 0 Å². The number of nitrogens with one attached hydrogen (secondary N) is 1. The summed E-state index contributed by atoms with van der Waals surface area (Å²) in [5, 5.41) is 13.8. The lowest BCUT2D eigenvalue weighted by Crippen LogP contribution is -2.46. The molecule has 0 aliphatic rings. The van der Waals surface area contributed by atoms with Crippen molar-refractivity contribution in [1.82, 2.24) is 5.32 Å². The Morgan fingerprint density at radius 2 is 1.09 bits per heavy atom. The van der Waals surface area contributed by atoms with Crippen LogP contribution in [-0.4, -0.2) is 68.5 Å². The zero-order valence-electron chi connectivity index (χ0n) is 35.5. The minimum absolute atomic E-state index is 0.0120. The second kappa shape index (κ2) is 36.6. The van der Waals surface area contributed by atoms with Crippen LogP contribution in [0.2, 0.25) is 0 Å². The van der Waals surface area contributed by atoms with Crippen LogP contribution in [0, 0.1) is 0 Å². The number of unbranched alkanes of at least 4 members (excludes halogenated alkanes) is 23. The molecule has 9 heteroatoms. The zero-order valence-corrected chi connectivity index (χ0v) is 36.4. The fraction of sp³-hybridized carbons (Fsp3) is 0.886. The molecule has 3 unspecified atom stereocenters. The first-order valence-electron chi connectivity index (χ1n) is 22.2. The van der Waals surface area contributed by atoms with E-state index in [0.29, 0.717) is 23.9 Å². The van der Waals surface area contributed by atoms with Gasteiger partial charge in [0.25, 0.3) is 7.82 Å². The predicted molar refractivity (Wildman–Crippen MR) is 224 cm³/mol. The van der Waals surface area contributed by atoms with Gasteiger partial charge in [-0.25, -0.2) is 0 Å². The molecule has 314 valence electrons. The normalized spacial score (nSPS) is 14.6. The van der Waals surface area contributed by atoms with Crippen molar-refractivity contribution >= 4 is 13.7 Å². The van der Waals surface area contributed by atoms with Crippen LogP contribution in [-0.2, 0) is 18.4 Å². The molecule has 3 atom stereocenters. The number of carbonyl (C=O) groups is 1. The highest BCUT2D eigenvalue weighted by Gasteiger charge is 2.24. The Morgan fingerprint density at radius 1 is 0.660 bits per heavy atom. The molecule has 0 saturated heterocycles. The first kappa shape index (κ1) is 52.0. The van der Waals surface area contributed by atoms with E-state index in [9.17, 15) is 19.4 Å². The van der Waals surface area contributed by atoms with E-state index in [0.717, 1.165) is 44.9 Å². The molecule has 0 aromatic rings. The lowest BCUT2D eigenvalue weighted by Gasteiger charge is -2.30. The lowest BCUT2D eigenvalue weighted by molar-refractivity contribution is -0.870. The van der Waals surface area contributed by atoms with Crippen LogP contribution < -0.4 is 10.2 Å². The average Bonchev–Trinajstić information content (AvgIpc) is 3.10. The Morgan fingerprint density at radius 3 is 1.57 bits per heavy atom. The topological polar surface area (TPSA) is 108 Å². The van der Waals surface area contributed by atoms with E-state index < -0.39 is 20.0 Å². The first-order chi connectivity index (χ1) is 25.5. The number of phosphoric ester groups is 1. The van der Waals surface area contributed by atoms with E-state index in [2.05, 4.69) is 43.5 Å². The highest BCUT2D eigenvalue weighted by Crippen LogP contribution is 2.38. The highest BCUT2D eigenvalue weighted by molar-refractivity contribution is 7.45. The Labute approximate surface area is 328 Å². The number of hydrogen-bond acceptors (Lipinski definition) is 6. The van der Waals surface area contributed by atoms with E-state index in [4.69, 9.17) is 9.05 Å². The van der Waals surface area contributed by atoms with Gasteiger partial charge in [-0.2, -0.15) is 0 Å². The van der Waals surface area contributed by atoms with E-state index >= 15 is 0 Å². The van der Waals surface area contributed by atoms with Gasteiger partial charge in [-0.15, -0.1) is 0 Å². The number of hydrogen-bond donors (Lipinski definition) is 2. The van der Waals surface area contributed by atoms with Gasteiger partial charge in [0.15, 0.2) is 0 Å². The monoisotopic (exact) mass is 771 g/mol. The van der Waals surface area contributed by atoms with Crippen molar-refractivity contribution in [3.05, 3.63) is 24.3 Å². The van der Waals surface area contributed by atoms with Gasteiger partial charge in [-0.1, -0.05) is 173 Å². The summed E-state index contributed by atoms with van der Waals surface area (Å²) in [5.74, 6) is -0.170. The van der Waals surface area contributed by atoms with Crippen molar-refractivity contribution in [2.45, 2.75) is 212 Å². The molecule has 0 aliphatic carbocycles. The SMILES string of the molecule is CCCCCCC/C=C\C/C=C\CCCCCCCCCCCCCC(=O)NC(COP(=O)([O-])OCC[N+](C)(C)C)C(O)CCCCCCCCCC. The largest absolute Gasteiger partial charge is 0.756 e. The number of carbonyl (C=O) groups excluding carboxylic acids is 1. The third-order valence-corrected chi connectivity index (χ3v) is 10.9. The maximum absolute atomic E-state index is 12.8. The van der Waals surface area contributed by atoms with Crippen molar-refractivity contribution in [3.63, 3.8) is 0 Å². The molecule has 0 fully saturated rings. The van der Waals surface area contributed by atoms with Crippen LogP contribution in [0.15, 0.2) is 24.3 Å². The molecule has 0 heterocycles. The van der Waals surface area contributed by atoms with E-state index in [-0.39, 0.29) is 19.1 Å². The minimum Gasteiger partial charge on any atom is -0.756 e. The Kier molecular flexibility index (Phi) is 35.9. The maximum Gasteiger partial charge on any atom is 0.268 e.